The summed E-state index contributed by atoms with van der Waals surface area (Å²) in [5.41, 5.74) is 1.04. The van der Waals surface area contributed by atoms with Crippen molar-refractivity contribution < 1.29 is 22.7 Å². The summed E-state index contributed by atoms with van der Waals surface area (Å²) < 4.78 is 32.8. The lowest BCUT2D eigenvalue weighted by molar-refractivity contribution is -0.120. The van der Waals surface area contributed by atoms with E-state index in [2.05, 4.69) is 5.32 Å². The van der Waals surface area contributed by atoms with Gasteiger partial charge in [0.25, 0.3) is 0 Å². The maximum Gasteiger partial charge on any atom is 0.243 e. The number of carbonyl (C=O) groups excluding carboxylic acids is 2. The van der Waals surface area contributed by atoms with Gasteiger partial charge in [-0.05, 0) is 63.1 Å². The molecule has 1 aliphatic rings. The van der Waals surface area contributed by atoms with Crippen LogP contribution in [0.15, 0.2) is 53.4 Å². The molecule has 1 saturated heterocycles. The topological polar surface area (TPSA) is 92.8 Å². The molecule has 3 rings (SSSR count). The van der Waals surface area contributed by atoms with Crippen molar-refractivity contribution in [2.24, 2.45) is 5.92 Å². The number of ether oxygens (including phenoxy) is 1. The number of nitrogens with one attached hydrogen (secondary N) is 1. The lowest BCUT2D eigenvalue weighted by Gasteiger charge is -2.31. The Hall–Kier alpha value is -2.71. The molecule has 1 N–H and O–H groups in total. The van der Waals surface area contributed by atoms with Crippen molar-refractivity contribution in [3.8, 4) is 5.75 Å². The van der Waals surface area contributed by atoms with E-state index in [1.54, 1.807) is 36.4 Å². The van der Waals surface area contributed by atoms with Crippen LogP contribution >= 0.6 is 0 Å². The summed E-state index contributed by atoms with van der Waals surface area (Å²) in [4.78, 5) is 24.5. The standard InChI is InChI=1S/C22H26N2O5S/c1-3-29-20-9-11-21(12-10-20)30(27,28)24-13-5-7-18(15-24)22(26)23-19-8-4-6-17(14-19)16(2)25/h4,6,8-12,14,18H,3,5,7,13,15H2,1-2H3,(H,23,26)/t18-/m0/s1. The highest BCUT2D eigenvalue weighted by Gasteiger charge is 2.33. The van der Waals surface area contributed by atoms with E-state index in [1.165, 1.54) is 23.4 Å². The molecule has 1 amide bonds. The van der Waals surface area contributed by atoms with E-state index in [4.69, 9.17) is 4.74 Å². The minimum Gasteiger partial charge on any atom is -0.494 e. The normalized spacial score (nSPS) is 17.3. The second-order valence-corrected chi connectivity index (χ2v) is 9.17. The number of nitrogens with zero attached hydrogens (tertiary/aromatic N) is 1. The number of ketones is 1. The summed E-state index contributed by atoms with van der Waals surface area (Å²) in [6.07, 6.45) is 1.20. The molecule has 1 atom stereocenters. The summed E-state index contributed by atoms with van der Waals surface area (Å²) >= 11 is 0. The Morgan fingerprint density at radius 3 is 2.57 bits per heavy atom. The SMILES string of the molecule is CCOc1ccc(S(=O)(=O)N2CCC[C@H](C(=O)Nc3cccc(C(C)=O)c3)C2)cc1. The third-order valence-corrected chi connectivity index (χ3v) is 6.94. The van der Waals surface area contributed by atoms with Crippen molar-refractivity contribution in [1.82, 2.24) is 4.31 Å². The molecule has 8 heteroatoms. The Balaban J connectivity index is 1.70. The van der Waals surface area contributed by atoms with E-state index in [9.17, 15) is 18.0 Å². The zero-order chi connectivity index (χ0) is 21.7. The molecule has 0 radical (unpaired) electrons. The molecule has 0 spiro atoms. The average molecular weight is 431 g/mol. The molecular weight excluding hydrogens is 404 g/mol. The lowest BCUT2D eigenvalue weighted by Crippen LogP contribution is -2.43. The van der Waals surface area contributed by atoms with E-state index in [0.717, 1.165) is 0 Å². The van der Waals surface area contributed by atoms with Gasteiger partial charge < -0.3 is 10.1 Å². The number of anilines is 1. The van der Waals surface area contributed by atoms with Gasteiger partial charge in [0.05, 0.1) is 17.4 Å². The molecule has 0 aromatic heterocycles. The van der Waals surface area contributed by atoms with Gasteiger partial charge in [0.15, 0.2) is 5.78 Å². The Morgan fingerprint density at radius 1 is 1.17 bits per heavy atom. The van der Waals surface area contributed by atoms with Crippen molar-refractivity contribution in [3.05, 3.63) is 54.1 Å². The average Bonchev–Trinajstić information content (AvgIpc) is 2.74. The monoisotopic (exact) mass is 430 g/mol. The van der Waals surface area contributed by atoms with Crippen LogP contribution in [0.3, 0.4) is 0 Å². The molecule has 0 aliphatic carbocycles. The summed E-state index contributed by atoms with van der Waals surface area (Å²) in [6, 6.07) is 13.0. The smallest absolute Gasteiger partial charge is 0.243 e. The molecular formula is C22H26N2O5S. The summed E-state index contributed by atoms with van der Waals surface area (Å²) in [5.74, 6) is -0.184. The maximum absolute atomic E-state index is 13.0. The molecule has 0 bridgehead atoms. The van der Waals surface area contributed by atoms with Crippen LogP contribution in [-0.4, -0.2) is 44.1 Å². The first kappa shape index (κ1) is 22.0. The van der Waals surface area contributed by atoms with Crippen LogP contribution in [0.5, 0.6) is 5.75 Å². The van der Waals surface area contributed by atoms with Gasteiger partial charge in [-0.3, -0.25) is 9.59 Å². The Morgan fingerprint density at radius 2 is 1.90 bits per heavy atom. The molecule has 0 unspecified atom stereocenters. The fraction of sp³-hybridized carbons (Fsp3) is 0.364. The van der Waals surface area contributed by atoms with Crippen molar-refractivity contribution in [1.29, 1.82) is 0 Å². The number of Topliss-reactive ketones (excluding diaryl/α,β-unsaturated/α-hetero) is 1. The Bertz CT molecular complexity index is 1020. The fourth-order valence-corrected chi connectivity index (χ4v) is 4.98. The van der Waals surface area contributed by atoms with Crippen LogP contribution in [-0.2, 0) is 14.8 Å². The first-order valence-electron chi connectivity index (χ1n) is 9.96. The maximum atomic E-state index is 13.0. The number of rotatable bonds is 7. The van der Waals surface area contributed by atoms with Crippen LogP contribution in [0.1, 0.15) is 37.0 Å². The summed E-state index contributed by atoms with van der Waals surface area (Å²) in [6.45, 7) is 4.32. The summed E-state index contributed by atoms with van der Waals surface area (Å²) in [7, 11) is -3.70. The van der Waals surface area contributed by atoms with Crippen LogP contribution in [0.2, 0.25) is 0 Å². The van der Waals surface area contributed by atoms with Crippen molar-refractivity contribution in [2.45, 2.75) is 31.6 Å². The molecule has 1 aliphatic heterocycles. The first-order chi connectivity index (χ1) is 14.3. The van der Waals surface area contributed by atoms with Gasteiger partial charge in [0.1, 0.15) is 5.75 Å². The van der Waals surface area contributed by atoms with Gasteiger partial charge in [0.2, 0.25) is 15.9 Å². The molecule has 7 nitrogen and oxygen atoms in total. The van der Waals surface area contributed by atoms with E-state index in [0.29, 0.717) is 43.0 Å². The minimum atomic E-state index is -3.70. The fourth-order valence-electron chi connectivity index (χ4n) is 3.46. The highest BCUT2D eigenvalue weighted by Crippen LogP contribution is 2.26. The van der Waals surface area contributed by atoms with Gasteiger partial charge >= 0.3 is 0 Å². The van der Waals surface area contributed by atoms with Gasteiger partial charge in [0, 0.05) is 24.3 Å². The van der Waals surface area contributed by atoms with Gasteiger partial charge in [-0.1, -0.05) is 12.1 Å². The Labute approximate surface area is 177 Å². The number of sulfonamides is 1. The number of carbonyl (C=O) groups is 2. The zero-order valence-corrected chi connectivity index (χ0v) is 17.9. The zero-order valence-electron chi connectivity index (χ0n) is 17.1. The van der Waals surface area contributed by atoms with Crippen LogP contribution in [0.25, 0.3) is 0 Å². The second kappa shape index (κ2) is 9.40. The molecule has 1 heterocycles. The molecule has 0 saturated carbocycles. The quantitative estimate of drug-likeness (QED) is 0.680. The predicted octanol–water partition coefficient (Wildman–Crippen LogP) is 3.33. The van der Waals surface area contributed by atoms with Crippen LogP contribution < -0.4 is 10.1 Å². The van der Waals surface area contributed by atoms with Gasteiger partial charge in [-0.25, -0.2) is 8.42 Å². The number of hydrogen-bond acceptors (Lipinski definition) is 5. The molecule has 2 aromatic carbocycles. The van der Waals surface area contributed by atoms with Crippen molar-refractivity contribution in [2.75, 3.05) is 25.0 Å². The number of amides is 1. The number of piperidine rings is 1. The minimum absolute atomic E-state index is 0.0867. The third-order valence-electron chi connectivity index (χ3n) is 5.06. The largest absolute Gasteiger partial charge is 0.494 e. The second-order valence-electron chi connectivity index (χ2n) is 7.23. The van der Waals surface area contributed by atoms with E-state index >= 15 is 0 Å². The molecule has 160 valence electrons. The van der Waals surface area contributed by atoms with Crippen LogP contribution in [0.4, 0.5) is 5.69 Å². The lowest BCUT2D eigenvalue weighted by atomic mass is 9.98. The summed E-state index contributed by atoms with van der Waals surface area (Å²) in [5, 5.41) is 2.81. The van der Waals surface area contributed by atoms with E-state index < -0.39 is 15.9 Å². The highest BCUT2D eigenvalue weighted by molar-refractivity contribution is 7.89. The van der Waals surface area contributed by atoms with Crippen molar-refractivity contribution in [3.63, 3.8) is 0 Å². The molecule has 1 fully saturated rings. The first-order valence-corrected chi connectivity index (χ1v) is 11.4. The molecule has 2 aromatic rings. The number of hydrogen-bond donors (Lipinski definition) is 1. The predicted molar refractivity (Wildman–Crippen MR) is 114 cm³/mol. The van der Waals surface area contributed by atoms with Crippen LogP contribution in [0, 0.1) is 5.92 Å². The van der Waals surface area contributed by atoms with Gasteiger partial charge in [-0.2, -0.15) is 4.31 Å². The Kier molecular flexibility index (Phi) is 6.89. The van der Waals surface area contributed by atoms with E-state index in [-0.39, 0.29) is 23.1 Å². The molecule has 30 heavy (non-hydrogen) atoms. The highest BCUT2D eigenvalue weighted by atomic mass is 32.2. The van der Waals surface area contributed by atoms with Gasteiger partial charge in [-0.15, -0.1) is 0 Å². The number of benzene rings is 2. The van der Waals surface area contributed by atoms with Crippen molar-refractivity contribution >= 4 is 27.4 Å². The third kappa shape index (κ3) is 5.06. The van der Waals surface area contributed by atoms with E-state index in [1.807, 2.05) is 6.92 Å².